The Morgan fingerprint density at radius 3 is 2.96 bits per heavy atom. The van der Waals surface area contributed by atoms with Gasteiger partial charge in [0.2, 0.25) is 0 Å². The molecule has 0 radical (unpaired) electrons. The van der Waals surface area contributed by atoms with E-state index in [4.69, 9.17) is 26.4 Å². The molecular weight excluding hydrogens is 382 g/mol. The van der Waals surface area contributed by atoms with E-state index in [-0.39, 0.29) is 12.0 Å². The fraction of sp³-hybridized carbons (Fsp3) is 0.400. The second-order valence-corrected chi connectivity index (χ2v) is 7.84. The molecule has 0 N–H and O–H groups in total. The maximum Gasteiger partial charge on any atom is 0.266 e. The van der Waals surface area contributed by atoms with Crippen molar-refractivity contribution in [3.05, 3.63) is 40.3 Å². The Labute approximate surface area is 169 Å². The molecule has 2 aliphatic rings. The Bertz CT molecular complexity index is 803. The minimum Gasteiger partial charge on any atom is -0.493 e. The van der Waals surface area contributed by atoms with Gasteiger partial charge in [-0.2, -0.15) is 0 Å². The highest BCUT2D eigenvalue weighted by atomic mass is 32.2. The molecule has 0 aliphatic carbocycles. The number of methoxy groups -OCH3 is 1. The zero-order valence-electron chi connectivity index (χ0n) is 15.7. The molecule has 27 heavy (non-hydrogen) atoms. The molecule has 7 heteroatoms. The van der Waals surface area contributed by atoms with Crippen LogP contribution >= 0.6 is 24.0 Å². The average Bonchev–Trinajstić information content (AvgIpc) is 2.92. The molecule has 1 saturated heterocycles. The highest BCUT2D eigenvalue weighted by molar-refractivity contribution is 8.26. The van der Waals surface area contributed by atoms with Crippen LogP contribution in [-0.4, -0.2) is 48.1 Å². The molecule has 144 valence electrons. The van der Waals surface area contributed by atoms with Gasteiger partial charge in [-0.3, -0.25) is 9.69 Å². The van der Waals surface area contributed by atoms with Crippen LogP contribution in [-0.2, 0) is 9.53 Å². The van der Waals surface area contributed by atoms with E-state index in [2.05, 4.69) is 0 Å². The first-order valence-corrected chi connectivity index (χ1v) is 10.2. The van der Waals surface area contributed by atoms with E-state index in [0.29, 0.717) is 34.7 Å². The molecule has 0 aromatic heterocycles. The van der Waals surface area contributed by atoms with Crippen LogP contribution in [0.25, 0.3) is 6.08 Å². The van der Waals surface area contributed by atoms with Gasteiger partial charge in [0.1, 0.15) is 10.4 Å². The summed E-state index contributed by atoms with van der Waals surface area (Å²) in [4.78, 5) is 15.0. The monoisotopic (exact) mass is 405 g/mol. The van der Waals surface area contributed by atoms with E-state index < -0.39 is 0 Å². The number of ether oxygens (including phenoxy) is 3. The molecule has 1 fully saturated rings. The number of nitrogens with zero attached hydrogens (tertiary/aromatic N) is 1. The summed E-state index contributed by atoms with van der Waals surface area (Å²) in [5, 5.41) is 0. The topological polar surface area (TPSA) is 48.0 Å². The summed E-state index contributed by atoms with van der Waals surface area (Å²) in [5.74, 6) is 1.38. The number of carbonyl (C=O) groups is 1. The molecule has 0 spiro atoms. The van der Waals surface area contributed by atoms with Gasteiger partial charge in [-0.05, 0) is 44.1 Å². The van der Waals surface area contributed by atoms with Gasteiger partial charge in [0.25, 0.3) is 5.91 Å². The van der Waals surface area contributed by atoms with Gasteiger partial charge < -0.3 is 14.2 Å². The van der Waals surface area contributed by atoms with Crippen molar-refractivity contribution in [2.24, 2.45) is 0 Å². The normalized spacial score (nSPS) is 20.6. The molecule has 1 unspecified atom stereocenters. The van der Waals surface area contributed by atoms with Crippen molar-refractivity contribution in [3.8, 4) is 11.5 Å². The lowest BCUT2D eigenvalue weighted by molar-refractivity contribution is -0.122. The average molecular weight is 406 g/mol. The van der Waals surface area contributed by atoms with Crippen LogP contribution in [0.2, 0.25) is 0 Å². The fourth-order valence-electron chi connectivity index (χ4n) is 2.95. The largest absolute Gasteiger partial charge is 0.493 e. The molecule has 2 aliphatic heterocycles. The number of thiocarbonyl (C=S) groups is 1. The van der Waals surface area contributed by atoms with Crippen molar-refractivity contribution in [2.45, 2.75) is 26.4 Å². The summed E-state index contributed by atoms with van der Waals surface area (Å²) in [6.45, 7) is 5.79. The third-order valence-corrected chi connectivity index (χ3v) is 5.74. The zero-order chi connectivity index (χ0) is 19.4. The molecular formula is C20H23NO4S2. The Morgan fingerprint density at radius 1 is 1.41 bits per heavy atom. The number of fused-ring (bicyclic) bond motifs is 1. The van der Waals surface area contributed by atoms with E-state index in [1.165, 1.54) is 11.8 Å². The summed E-state index contributed by atoms with van der Waals surface area (Å²) in [6.07, 6.45) is 4.50. The third-order valence-electron chi connectivity index (χ3n) is 4.36. The molecule has 5 nitrogen and oxygen atoms in total. The molecule has 1 atom stereocenters. The van der Waals surface area contributed by atoms with Crippen LogP contribution in [0.1, 0.15) is 25.8 Å². The van der Waals surface area contributed by atoms with Gasteiger partial charge in [0.15, 0.2) is 11.5 Å². The molecule has 1 amide bonds. The van der Waals surface area contributed by atoms with Crippen molar-refractivity contribution < 1.29 is 19.0 Å². The van der Waals surface area contributed by atoms with E-state index in [0.717, 1.165) is 23.3 Å². The van der Waals surface area contributed by atoms with Crippen molar-refractivity contribution in [1.29, 1.82) is 0 Å². The summed E-state index contributed by atoms with van der Waals surface area (Å²) in [7, 11) is 1.62. The highest BCUT2D eigenvalue weighted by Crippen LogP contribution is 2.39. The van der Waals surface area contributed by atoms with Crippen molar-refractivity contribution in [2.75, 3.05) is 26.9 Å². The number of thioether (sulfide) groups is 1. The first kappa shape index (κ1) is 19.9. The molecule has 2 heterocycles. The van der Waals surface area contributed by atoms with Gasteiger partial charge in [0, 0.05) is 25.3 Å². The lowest BCUT2D eigenvalue weighted by Gasteiger charge is -2.24. The number of amides is 1. The van der Waals surface area contributed by atoms with Crippen LogP contribution in [0.5, 0.6) is 11.5 Å². The number of carbonyl (C=O) groups excluding carboxylic acids is 1. The molecule has 0 bridgehead atoms. The van der Waals surface area contributed by atoms with Crippen LogP contribution in [0.3, 0.4) is 0 Å². The fourth-order valence-corrected chi connectivity index (χ4v) is 4.26. The summed E-state index contributed by atoms with van der Waals surface area (Å²) in [6, 6.07) is 5.76. The Balaban J connectivity index is 1.78. The van der Waals surface area contributed by atoms with E-state index in [9.17, 15) is 4.79 Å². The maximum atomic E-state index is 12.7. The van der Waals surface area contributed by atoms with Crippen molar-refractivity contribution >= 4 is 40.3 Å². The van der Waals surface area contributed by atoms with Crippen molar-refractivity contribution in [1.82, 2.24) is 4.90 Å². The second kappa shape index (κ2) is 8.91. The lowest BCUT2D eigenvalue weighted by atomic mass is 10.0. The second-order valence-electron chi connectivity index (χ2n) is 6.17. The molecule has 0 saturated carbocycles. The summed E-state index contributed by atoms with van der Waals surface area (Å²) < 4.78 is 17.3. The number of rotatable bonds is 7. The third kappa shape index (κ3) is 4.36. The predicted molar refractivity (Wildman–Crippen MR) is 112 cm³/mol. The predicted octanol–water partition coefficient (Wildman–Crippen LogP) is 4.03. The Kier molecular flexibility index (Phi) is 6.57. The minimum atomic E-state index is -0.185. The molecule has 3 rings (SSSR count). The van der Waals surface area contributed by atoms with E-state index in [1.54, 1.807) is 12.0 Å². The first-order chi connectivity index (χ1) is 13.0. The number of para-hydroxylation sites is 1. The van der Waals surface area contributed by atoms with Gasteiger partial charge in [-0.1, -0.05) is 36.1 Å². The molecule has 1 aromatic carbocycles. The first-order valence-electron chi connectivity index (χ1n) is 8.93. The number of benzene rings is 1. The van der Waals surface area contributed by atoms with Gasteiger partial charge in [-0.25, -0.2) is 0 Å². The van der Waals surface area contributed by atoms with Crippen LogP contribution < -0.4 is 9.47 Å². The summed E-state index contributed by atoms with van der Waals surface area (Å²) in [5.41, 5.74) is 1.87. The quantitative estimate of drug-likeness (QED) is 0.388. The van der Waals surface area contributed by atoms with Crippen molar-refractivity contribution in [3.63, 3.8) is 0 Å². The van der Waals surface area contributed by atoms with Crippen LogP contribution in [0.4, 0.5) is 0 Å². The number of hydrogen-bond donors (Lipinski definition) is 0. The SMILES string of the molecule is CCOCCCN1C(=O)C(=CC2=Cc3cccc(OC)c3OC2C)SC1=S. The Morgan fingerprint density at radius 2 is 2.22 bits per heavy atom. The standard InChI is InChI=1S/C20H23NO4S2/c1-4-24-10-6-9-21-19(22)17(27-20(21)26)12-15-11-14-7-5-8-16(23-3)18(14)25-13(15)2/h5,7-8,11-13H,4,6,9-10H2,1-3H3. The van der Waals surface area contributed by atoms with Gasteiger partial charge >= 0.3 is 0 Å². The van der Waals surface area contributed by atoms with Crippen LogP contribution in [0, 0.1) is 0 Å². The zero-order valence-corrected chi connectivity index (χ0v) is 17.3. The lowest BCUT2D eigenvalue weighted by Crippen LogP contribution is -2.29. The maximum absolute atomic E-state index is 12.7. The van der Waals surface area contributed by atoms with E-state index in [1.807, 2.05) is 44.2 Å². The van der Waals surface area contributed by atoms with Crippen LogP contribution in [0.15, 0.2) is 34.8 Å². The highest BCUT2D eigenvalue weighted by Gasteiger charge is 2.32. The Hall–Kier alpha value is -1.83. The van der Waals surface area contributed by atoms with E-state index >= 15 is 0 Å². The summed E-state index contributed by atoms with van der Waals surface area (Å²) >= 11 is 6.72. The van der Waals surface area contributed by atoms with Gasteiger partial charge in [0.05, 0.1) is 12.0 Å². The van der Waals surface area contributed by atoms with Gasteiger partial charge in [-0.15, -0.1) is 0 Å². The minimum absolute atomic E-state index is 0.0500. The smallest absolute Gasteiger partial charge is 0.266 e. The molecule has 1 aromatic rings. The number of hydrogen-bond acceptors (Lipinski definition) is 6.